The van der Waals surface area contributed by atoms with Gasteiger partial charge in [0.2, 0.25) is 5.91 Å². The summed E-state index contributed by atoms with van der Waals surface area (Å²) in [4.78, 5) is 14.5. The summed E-state index contributed by atoms with van der Waals surface area (Å²) >= 11 is 0. The van der Waals surface area contributed by atoms with Gasteiger partial charge >= 0.3 is 0 Å². The largest absolute Gasteiger partial charge is 0.379 e. The zero-order valence-electron chi connectivity index (χ0n) is 12.9. The molecule has 5 nitrogen and oxygen atoms in total. The molecule has 1 heterocycles. The number of hydrogen-bond donors (Lipinski definition) is 2. The van der Waals surface area contributed by atoms with Gasteiger partial charge in [-0.3, -0.25) is 9.69 Å². The van der Waals surface area contributed by atoms with E-state index in [1.54, 1.807) is 0 Å². The van der Waals surface area contributed by atoms with Gasteiger partial charge in [0.05, 0.1) is 13.2 Å². The predicted molar refractivity (Wildman–Crippen MR) is 79.5 cm³/mol. The van der Waals surface area contributed by atoms with Gasteiger partial charge in [-0.25, -0.2) is 0 Å². The van der Waals surface area contributed by atoms with Gasteiger partial charge in [0.1, 0.15) is 0 Å². The van der Waals surface area contributed by atoms with Gasteiger partial charge in [-0.05, 0) is 26.7 Å². The predicted octanol–water partition coefficient (Wildman–Crippen LogP) is 0.875. The molecule has 1 aliphatic heterocycles. The fourth-order valence-electron chi connectivity index (χ4n) is 3.23. The third-order valence-corrected chi connectivity index (χ3v) is 4.70. The van der Waals surface area contributed by atoms with E-state index in [9.17, 15) is 4.79 Å². The Morgan fingerprint density at radius 3 is 2.50 bits per heavy atom. The maximum Gasteiger partial charge on any atom is 0.221 e. The summed E-state index contributed by atoms with van der Waals surface area (Å²) in [6, 6.07) is 0. The van der Waals surface area contributed by atoms with Gasteiger partial charge in [0.15, 0.2) is 0 Å². The lowest BCUT2D eigenvalue weighted by molar-refractivity contribution is -0.123. The van der Waals surface area contributed by atoms with Crippen molar-refractivity contribution in [2.45, 2.75) is 57.0 Å². The Hall–Kier alpha value is -0.650. The van der Waals surface area contributed by atoms with Crippen molar-refractivity contribution in [3.8, 4) is 0 Å². The van der Waals surface area contributed by atoms with Crippen molar-refractivity contribution >= 4 is 5.91 Å². The second-order valence-electron chi connectivity index (χ2n) is 6.93. The first-order valence-electron chi connectivity index (χ1n) is 7.80. The molecule has 0 unspecified atom stereocenters. The summed E-state index contributed by atoms with van der Waals surface area (Å²) in [5.41, 5.74) is 5.97. The highest BCUT2D eigenvalue weighted by Crippen LogP contribution is 2.29. The number of morpholine rings is 1. The molecule has 1 aliphatic carbocycles. The third-order valence-electron chi connectivity index (χ3n) is 4.70. The Bertz CT molecular complexity index is 332. The van der Waals surface area contributed by atoms with Crippen molar-refractivity contribution in [3.63, 3.8) is 0 Å². The van der Waals surface area contributed by atoms with Crippen LogP contribution < -0.4 is 11.1 Å². The maximum absolute atomic E-state index is 12.1. The number of ether oxygens (including phenoxy) is 1. The molecule has 0 aromatic heterocycles. The van der Waals surface area contributed by atoms with E-state index in [4.69, 9.17) is 10.5 Å². The van der Waals surface area contributed by atoms with Gasteiger partial charge in [-0.1, -0.05) is 12.8 Å². The molecule has 0 bridgehead atoms. The first-order valence-corrected chi connectivity index (χ1v) is 7.80. The Labute approximate surface area is 122 Å². The Kier molecular flexibility index (Phi) is 5.04. The summed E-state index contributed by atoms with van der Waals surface area (Å²) in [6.45, 7) is 8.45. The highest BCUT2D eigenvalue weighted by molar-refractivity contribution is 5.77. The molecule has 20 heavy (non-hydrogen) atoms. The van der Waals surface area contributed by atoms with Crippen LogP contribution in [0.25, 0.3) is 0 Å². The van der Waals surface area contributed by atoms with Gasteiger partial charge in [0, 0.05) is 37.1 Å². The Morgan fingerprint density at radius 1 is 1.30 bits per heavy atom. The average molecular weight is 283 g/mol. The van der Waals surface area contributed by atoms with Crippen LogP contribution >= 0.6 is 0 Å². The lowest BCUT2D eigenvalue weighted by Gasteiger charge is -2.41. The zero-order chi connectivity index (χ0) is 14.6. The zero-order valence-corrected chi connectivity index (χ0v) is 12.9. The normalized spacial score (nSPS) is 23.8. The van der Waals surface area contributed by atoms with Gasteiger partial charge in [-0.2, -0.15) is 0 Å². The summed E-state index contributed by atoms with van der Waals surface area (Å²) < 4.78 is 5.38. The van der Waals surface area contributed by atoms with Crippen LogP contribution in [0.1, 0.15) is 46.0 Å². The number of nitrogens with one attached hydrogen (secondary N) is 1. The molecule has 0 atom stereocenters. The summed E-state index contributed by atoms with van der Waals surface area (Å²) in [6.07, 6.45) is 4.73. The van der Waals surface area contributed by atoms with E-state index >= 15 is 0 Å². The highest BCUT2D eigenvalue weighted by Gasteiger charge is 2.33. The molecule has 2 fully saturated rings. The number of rotatable bonds is 5. The molecule has 1 saturated carbocycles. The molecule has 2 rings (SSSR count). The summed E-state index contributed by atoms with van der Waals surface area (Å²) in [7, 11) is 0. The summed E-state index contributed by atoms with van der Waals surface area (Å²) in [5.74, 6) is 0.0933. The van der Waals surface area contributed by atoms with E-state index < -0.39 is 0 Å². The maximum atomic E-state index is 12.1. The van der Waals surface area contributed by atoms with E-state index in [1.165, 1.54) is 0 Å². The van der Waals surface area contributed by atoms with E-state index in [2.05, 4.69) is 24.1 Å². The van der Waals surface area contributed by atoms with E-state index in [1.807, 2.05) is 0 Å². The number of amides is 1. The fourth-order valence-corrected chi connectivity index (χ4v) is 3.23. The standard InChI is InChI=1S/C15H29N3O2/c1-14(2,18-7-9-20-10-8-18)12-17-13(19)11-15(16)5-3-4-6-15/h3-12,16H2,1-2H3,(H,17,19). The molecule has 116 valence electrons. The molecule has 2 aliphatic rings. The van der Waals surface area contributed by atoms with E-state index in [-0.39, 0.29) is 17.0 Å². The van der Waals surface area contributed by atoms with Gasteiger partial charge in [0.25, 0.3) is 0 Å². The number of hydrogen-bond acceptors (Lipinski definition) is 4. The van der Waals surface area contributed by atoms with Crippen LogP contribution in [0.5, 0.6) is 0 Å². The highest BCUT2D eigenvalue weighted by atomic mass is 16.5. The molecule has 0 spiro atoms. The van der Waals surface area contributed by atoms with Crippen LogP contribution in [0.4, 0.5) is 0 Å². The first kappa shape index (κ1) is 15.7. The van der Waals surface area contributed by atoms with Crippen molar-refractivity contribution in [1.29, 1.82) is 0 Å². The average Bonchev–Trinajstić information content (AvgIpc) is 2.84. The minimum absolute atomic E-state index is 0.0309. The number of nitrogens with two attached hydrogens (primary N) is 1. The first-order chi connectivity index (χ1) is 9.41. The van der Waals surface area contributed by atoms with Crippen molar-refractivity contribution in [2.24, 2.45) is 5.73 Å². The van der Waals surface area contributed by atoms with Crippen molar-refractivity contribution < 1.29 is 9.53 Å². The van der Waals surface area contributed by atoms with Crippen LogP contribution in [-0.4, -0.2) is 54.7 Å². The van der Waals surface area contributed by atoms with Crippen LogP contribution in [0, 0.1) is 0 Å². The minimum atomic E-state index is -0.257. The number of nitrogens with zero attached hydrogens (tertiary/aromatic N) is 1. The van der Waals surface area contributed by atoms with Crippen LogP contribution in [0.3, 0.4) is 0 Å². The van der Waals surface area contributed by atoms with Crippen molar-refractivity contribution in [3.05, 3.63) is 0 Å². The van der Waals surface area contributed by atoms with Crippen LogP contribution in [0.15, 0.2) is 0 Å². The lowest BCUT2D eigenvalue weighted by atomic mass is 9.94. The lowest BCUT2D eigenvalue weighted by Crippen LogP contribution is -2.56. The molecule has 1 saturated heterocycles. The topological polar surface area (TPSA) is 67.6 Å². The molecule has 3 N–H and O–H groups in total. The smallest absolute Gasteiger partial charge is 0.221 e. The third kappa shape index (κ3) is 4.17. The SMILES string of the molecule is CC(C)(CNC(=O)CC1(N)CCCC1)N1CCOCC1. The summed E-state index contributed by atoms with van der Waals surface area (Å²) in [5, 5.41) is 3.07. The molecular formula is C15H29N3O2. The van der Waals surface area contributed by atoms with Gasteiger partial charge < -0.3 is 15.8 Å². The Balaban J connectivity index is 1.76. The van der Waals surface area contributed by atoms with Gasteiger partial charge in [-0.15, -0.1) is 0 Å². The fraction of sp³-hybridized carbons (Fsp3) is 0.933. The molecule has 1 amide bonds. The monoisotopic (exact) mass is 283 g/mol. The molecule has 5 heteroatoms. The van der Waals surface area contributed by atoms with Crippen molar-refractivity contribution in [2.75, 3.05) is 32.8 Å². The molecule has 0 radical (unpaired) electrons. The molecular weight excluding hydrogens is 254 g/mol. The van der Waals surface area contributed by atoms with Crippen molar-refractivity contribution in [1.82, 2.24) is 10.2 Å². The number of carbonyl (C=O) groups excluding carboxylic acids is 1. The second kappa shape index (κ2) is 6.41. The van der Waals surface area contributed by atoms with Crippen LogP contribution in [0.2, 0.25) is 0 Å². The second-order valence-corrected chi connectivity index (χ2v) is 6.93. The van der Waals surface area contributed by atoms with E-state index in [0.717, 1.165) is 52.0 Å². The quantitative estimate of drug-likeness (QED) is 0.786. The molecule has 0 aromatic carbocycles. The Morgan fingerprint density at radius 2 is 1.90 bits per heavy atom. The number of carbonyl (C=O) groups is 1. The minimum Gasteiger partial charge on any atom is -0.379 e. The molecule has 0 aromatic rings. The van der Waals surface area contributed by atoms with Crippen LogP contribution in [-0.2, 0) is 9.53 Å². The van der Waals surface area contributed by atoms with E-state index in [0.29, 0.717) is 13.0 Å².